The van der Waals surface area contributed by atoms with Gasteiger partial charge in [0.2, 0.25) is 5.95 Å². The van der Waals surface area contributed by atoms with Crippen LogP contribution in [0.3, 0.4) is 0 Å². The molecule has 1 amide bonds. The van der Waals surface area contributed by atoms with Gasteiger partial charge in [0.15, 0.2) is 11.6 Å². The Balaban J connectivity index is 1.18. The van der Waals surface area contributed by atoms with E-state index in [-0.39, 0.29) is 31.1 Å². The SMILES string of the molecule is Cc1cnc(Nc2cnn(C3CCN(C(=O)OCc4ccccc4)CC3)c2)nc1-c1ccc(OCC(C)(C)C#N)c(F)c1. The molecule has 0 radical (unpaired) electrons. The molecule has 0 atom stereocenters. The lowest BCUT2D eigenvalue weighted by Gasteiger charge is -2.31. The van der Waals surface area contributed by atoms with Gasteiger partial charge in [0, 0.05) is 31.0 Å². The molecule has 5 rings (SSSR count). The molecule has 0 bridgehead atoms. The molecular weight excluding hydrogens is 549 g/mol. The monoisotopic (exact) mass is 583 g/mol. The van der Waals surface area contributed by atoms with Crippen molar-refractivity contribution in [2.45, 2.75) is 46.3 Å². The zero-order valence-electron chi connectivity index (χ0n) is 24.5. The molecule has 4 aromatic rings. The molecule has 222 valence electrons. The predicted molar refractivity (Wildman–Crippen MR) is 159 cm³/mol. The minimum Gasteiger partial charge on any atom is -0.489 e. The van der Waals surface area contributed by atoms with E-state index in [1.807, 2.05) is 48.1 Å². The average molecular weight is 584 g/mol. The van der Waals surface area contributed by atoms with Crippen molar-refractivity contribution >= 4 is 17.7 Å². The normalized spacial score (nSPS) is 13.8. The lowest BCUT2D eigenvalue weighted by molar-refractivity contribution is 0.0821. The van der Waals surface area contributed by atoms with Gasteiger partial charge in [0.25, 0.3) is 0 Å². The van der Waals surface area contributed by atoms with Crippen LogP contribution in [-0.4, -0.2) is 50.4 Å². The number of carbonyl (C=O) groups excluding carboxylic acids is 1. The Bertz CT molecular complexity index is 1610. The van der Waals surface area contributed by atoms with Crippen LogP contribution in [0, 0.1) is 29.5 Å². The molecule has 43 heavy (non-hydrogen) atoms. The van der Waals surface area contributed by atoms with Gasteiger partial charge in [-0.15, -0.1) is 0 Å². The highest BCUT2D eigenvalue weighted by atomic mass is 19.1. The van der Waals surface area contributed by atoms with E-state index in [1.165, 1.54) is 6.07 Å². The fourth-order valence-corrected chi connectivity index (χ4v) is 4.71. The van der Waals surface area contributed by atoms with Gasteiger partial charge < -0.3 is 19.7 Å². The molecule has 1 aliphatic heterocycles. The second-order valence-corrected chi connectivity index (χ2v) is 11.2. The Morgan fingerprint density at radius 3 is 2.65 bits per heavy atom. The number of carbonyl (C=O) groups is 1. The summed E-state index contributed by atoms with van der Waals surface area (Å²) in [4.78, 5) is 23.3. The summed E-state index contributed by atoms with van der Waals surface area (Å²) in [5.41, 5.74) is 2.90. The third-order valence-corrected chi connectivity index (χ3v) is 7.23. The van der Waals surface area contributed by atoms with Crippen molar-refractivity contribution in [2.75, 3.05) is 25.0 Å². The van der Waals surface area contributed by atoms with Gasteiger partial charge >= 0.3 is 6.09 Å². The van der Waals surface area contributed by atoms with Gasteiger partial charge in [0.1, 0.15) is 13.2 Å². The van der Waals surface area contributed by atoms with Crippen LogP contribution in [-0.2, 0) is 11.3 Å². The van der Waals surface area contributed by atoms with Crippen LogP contribution in [0.4, 0.5) is 20.8 Å². The maximum atomic E-state index is 14.8. The number of nitriles is 1. The summed E-state index contributed by atoms with van der Waals surface area (Å²) in [7, 11) is 0. The molecule has 10 nitrogen and oxygen atoms in total. The van der Waals surface area contributed by atoms with E-state index in [2.05, 4.69) is 26.5 Å². The van der Waals surface area contributed by atoms with Crippen molar-refractivity contribution in [1.82, 2.24) is 24.6 Å². The largest absolute Gasteiger partial charge is 0.489 e. The van der Waals surface area contributed by atoms with Crippen molar-refractivity contribution in [3.8, 4) is 23.1 Å². The molecule has 1 fully saturated rings. The van der Waals surface area contributed by atoms with Gasteiger partial charge in [-0.25, -0.2) is 19.2 Å². The maximum absolute atomic E-state index is 14.8. The van der Waals surface area contributed by atoms with Gasteiger partial charge in [-0.3, -0.25) is 4.68 Å². The Hall–Kier alpha value is -4.98. The fraction of sp³-hybridized carbons (Fsp3) is 0.344. The number of nitrogens with one attached hydrogen (secondary N) is 1. The molecule has 3 heterocycles. The van der Waals surface area contributed by atoms with Gasteiger partial charge in [-0.2, -0.15) is 10.4 Å². The van der Waals surface area contributed by atoms with Gasteiger partial charge in [-0.05, 0) is 62.9 Å². The first-order chi connectivity index (χ1) is 20.7. The third-order valence-electron chi connectivity index (χ3n) is 7.23. The second kappa shape index (κ2) is 12.9. The number of hydrogen-bond acceptors (Lipinski definition) is 8. The van der Waals surface area contributed by atoms with Crippen LogP contribution >= 0.6 is 0 Å². The molecular formula is C32H34FN7O3. The first kappa shape index (κ1) is 29.5. The molecule has 11 heteroatoms. The number of benzene rings is 2. The smallest absolute Gasteiger partial charge is 0.410 e. The number of aryl methyl sites for hydroxylation is 1. The van der Waals surface area contributed by atoms with E-state index in [9.17, 15) is 14.4 Å². The number of likely N-dealkylation sites (tertiary alicyclic amines) is 1. The van der Waals surface area contributed by atoms with E-state index in [0.717, 1.165) is 29.7 Å². The lowest BCUT2D eigenvalue weighted by Crippen LogP contribution is -2.39. The van der Waals surface area contributed by atoms with Crippen LogP contribution < -0.4 is 10.1 Å². The summed E-state index contributed by atoms with van der Waals surface area (Å²) >= 11 is 0. The molecule has 0 saturated carbocycles. The number of halogens is 1. The number of hydrogen-bond donors (Lipinski definition) is 1. The minimum atomic E-state index is -0.725. The van der Waals surface area contributed by atoms with Crippen LogP contribution in [0.2, 0.25) is 0 Å². The standard InChI is InChI=1S/C32H34FN7O3/c1-22-16-35-30(38-29(22)24-9-10-28(27(33)15-24)43-21-32(2,3)20-34)37-25-17-36-40(18-25)26-11-13-39(14-12-26)31(41)42-19-23-7-5-4-6-8-23/h4-10,15-18,26H,11-14,19,21H2,1-3H3,(H,35,37,38). The summed E-state index contributed by atoms with van der Waals surface area (Å²) in [5.74, 6) is -0.0948. The quantitative estimate of drug-likeness (QED) is 0.239. The number of ether oxygens (including phenoxy) is 2. The Kier molecular flexibility index (Phi) is 8.85. The molecule has 0 spiro atoms. The Labute approximate surface area is 250 Å². The lowest BCUT2D eigenvalue weighted by atomic mass is 9.98. The van der Waals surface area contributed by atoms with Crippen molar-refractivity contribution in [1.29, 1.82) is 5.26 Å². The van der Waals surface area contributed by atoms with E-state index in [1.54, 1.807) is 43.3 Å². The first-order valence-corrected chi connectivity index (χ1v) is 14.2. The number of nitrogens with zero attached hydrogens (tertiary/aromatic N) is 6. The summed E-state index contributed by atoms with van der Waals surface area (Å²) in [6, 6.07) is 16.6. The van der Waals surface area contributed by atoms with Gasteiger partial charge in [0.05, 0.1) is 35.1 Å². The topological polar surface area (TPSA) is 118 Å². The van der Waals surface area contributed by atoms with E-state index >= 15 is 0 Å². The van der Waals surface area contributed by atoms with Crippen LogP contribution in [0.1, 0.15) is 43.9 Å². The predicted octanol–water partition coefficient (Wildman–Crippen LogP) is 6.43. The van der Waals surface area contributed by atoms with Crippen LogP contribution in [0.15, 0.2) is 67.1 Å². The van der Waals surface area contributed by atoms with E-state index < -0.39 is 11.2 Å². The summed E-state index contributed by atoms with van der Waals surface area (Å²) in [6.07, 6.45) is 6.49. The summed E-state index contributed by atoms with van der Waals surface area (Å²) in [6.45, 7) is 6.83. The second-order valence-electron chi connectivity index (χ2n) is 11.2. The highest BCUT2D eigenvalue weighted by Gasteiger charge is 2.25. The highest BCUT2D eigenvalue weighted by Crippen LogP contribution is 2.29. The average Bonchev–Trinajstić information content (AvgIpc) is 3.49. The number of aromatic nitrogens is 4. The van der Waals surface area contributed by atoms with Crippen molar-refractivity contribution in [3.63, 3.8) is 0 Å². The highest BCUT2D eigenvalue weighted by molar-refractivity contribution is 5.68. The third kappa shape index (κ3) is 7.46. The Morgan fingerprint density at radius 1 is 1.16 bits per heavy atom. The summed E-state index contributed by atoms with van der Waals surface area (Å²) in [5, 5.41) is 16.9. The molecule has 1 N–H and O–H groups in total. The molecule has 1 aliphatic rings. The number of rotatable bonds is 9. The maximum Gasteiger partial charge on any atom is 0.410 e. The molecule has 0 unspecified atom stereocenters. The van der Waals surface area contributed by atoms with Gasteiger partial charge in [-0.1, -0.05) is 30.3 Å². The minimum absolute atomic E-state index is 0.0778. The molecule has 0 aliphatic carbocycles. The van der Waals surface area contributed by atoms with Crippen molar-refractivity contribution < 1.29 is 18.7 Å². The zero-order chi connectivity index (χ0) is 30.4. The van der Waals surface area contributed by atoms with E-state index in [0.29, 0.717) is 30.3 Å². The van der Waals surface area contributed by atoms with Crippen LogP contribution in [0.25, 0.3) is 11.3 Å². The first-order valence-electron chi connectivity index (χ1n) is 14.2. The molecule has 2 aromatic heterocycles. The summed E-state index contributed by atoms with van der Waals surface area (Å²) < 4.78 is 27.7. The Morgan fingerprint density at radius 2 is 1.93 bits per heavy atom. The zero-order valence-corrected chi connectivity index (χ0v) is 24.5. The van der Waals surface area contributed by atoms with Crippen molar-refractivity contribution in [2.24, 2.45) is 5.41 Å². The molecule has 1 saturated heterocycles. The number of anilines is 2. The van der Waals surface area contributed by atoms with Crippen molar-refractivity contribution in [3.05, 3.63) is 84.1 Å². The number of piperidine rings is 1. The molecule has 2 aromatic carbocycles. The van der Waals surface area contributed by atoms with E-state index in [4.69, 9.17) is 9.47 Å². The number of amides is 1. The fourth-order valence-electron chi connectivity index (χ4n) is 4.71. The van der Waals surface area contributed by atoms with Crippen LogP contribution in [0.5, 0.6) is 5.75 Å².